The quantitative estimate of drug-likeness (QED) is 0.0992. The van der Waals surface area contributed by atoms with E-state index in [0.29, 0.717) is 78.7 Å². The first-order valence-electron chi connectivity index (χ1n) is 31.6. The van der Waals surface area contributed by atoms with Crippen LogP contribution in [0.15, 0.2) is 53.5 Å². The summed E-state index contributed by atoms with van der Waals surface area (Å²) in [4.78, 5) is 36.2. The molecule has 19 rings (SSSR count). The number of nitrogens with two attached hydrogens (primary N) is 1. The summed E-state index contributed by atoms with van der Waals surface area (Å²) >= 11 is 0. The van der Waals surface area contributed by atoms with Gasteiger partial charge in [-0.1, -0.05) is 76.8 Å². The second-order valence-electron chi connectivity index (χ2n) is 28.8. The van der Waals surface area contributed by atoms with Crippen LogP contribution in [0.3, 0.4) is 0 Å². The minimum atomic E-state index is -0.794. The Labute approximate surface area is 477 Å². The molecule has 2 aromatic carbocycles. The zero-order valence-electron chi connectivity index (χ0n) is 46.9. The van der Waals surface area contributed by atoms with E-state index in [0.717, 1.165) is 100 Å². The third kappa shape index (κ3) is 8.05. The number of carbonyl (C=O) groups is 2. The average Bonchev–Trinajstić information content (AvgIpc) is 4.51. The number of aromatic hydroxyl groups is 1. The van der Waals surface area contributed by atoms with Crippen LogP contribution < -0.4 is 15.8 Å². The van der Waals surface area contributed by atoms with Crippen molar-refractivity contribution in [2.24, 2.45) is 73.8 Å². The van der Waals surface area contributed by atoms with Crippen molar-refractivity contribution in [2.45, 2.75) is 214 Å². The standard InChI is InChI=1S/C67H86N4O6S2/c1-42(72)76-66-35-47-14-16-51(66)32-48-30-49(58(75)59-57(48)45-19-29-65(77-59)25-8-13-50(65)31-45)38-71-41-64(37-55(71)74)53(44-11-3-2-4-12-44)20-28-63(64)23-7-10-43-18-27-62(33-43)24-9-26-67(62,70-60(68)69-40-63)79-78-39-52-17-15-46(56(47)54(73)36-66)34-61(52)21-5-6-22-61/h2-4,11-12,19,29-30,43,45-47,50-54,56,73,75H,5-6,8-10,13-18,20-22,24-28,31-41H2,1H3,(H3,68,69,70). The van der Waals surface area contributed by atoms with Crippen LogP contribution in [0.1, 0.15) is 202 Å². The van der Waals surface area contributed by atoms with E-state index in [1.165, 1.54) is 69.8 Å². The van der Waals surface area contributed by atoms with Gasteiger partial charge in [0.2, 0.25) is 5.91 Å². The molecule has 2 aromatic rings. The van der Waals surface area contributed by atoms with Gasteiger partial charge in [-0.15, -0.1) is 5.92 Å². The van der Waals surface area contributed by atoms with Crippen LogP contribution in [0.5, 0.6) is 11.5 Å². The number of benzene rings is 2. The van der Waals surface area contributed by atoms with Crippen LogP contribution in [-0.4, -0.2) is 74.0 Å². The van der Waals surface area contributed by atoms with Gasteiger partial charge in [0.1, 0.15) is 16.1 Å². The number of ether oxygens (including phenoxy) is 2. The second-order valence-corrected chi connectivity index (χ2v) is 31.5. The zero-order valence-corrected chi connectivity index (χ0v) is 48.6. The Hall–Kier alpha value is -3.79. The SMILES string of the molecule is CC(=O)OC12CC(O)C3C4CCC(CSSC56CCCC57CCC(CC#CC5(CCC(c8ccccc8)C58CC(=O)N(Cc5cc(c9c(c5O)OC5%10C=CC9CC5CCC%10)CC1CCC3C2)C8)CN=C(N)N6)C7)C1(CCCC1)C4. The molecule has 9 aliphatic carbocycles. The van der Waals surface area contributed by atoms with E-state index < -0.39 is 28.1 Å². The van der Waals surface area contributed by atoms with Gasteiger partial charge in [0, 0.05) is 84.7 Å². The number of phenolic OH excluding ortho intramolecular Hbond substituents is 1. The predicted octanol–water partition coefficient (Wildman–Crippen LogP) is 12.6. The van der Waals surface area contributed by atoms with Crippen molar-refractivity contribution in [3.8, 4) is 23.3 Å². The third-order valence-corrected chi connectivity index (χ3v) is 28.7. The minimum absolute atomic E-state index is 0.0234. The van der Waals surface area contributed by atoms with Crippen molar-refractivity contribution >= 4 is 39.4 Å². The van der Waals surface area contributed by atoms with E-state index in [4.69, 9.17) is 20.2 Å². The van der Waals surface area contributed by atoms with Gasteiger partial charge in [-0.25, -0.2) is 0 Å². The number of allylic oxidation sites excluding steroid dienone is 1. The number of aliphatic imine (C=N–C) groups is 1. The normalized spacial score (nSPS) is 44.3. The van der Waals surface area contributed by atoms with Crippen LogP contribution in [0.2, 0.25) is 0 Å². The number of phenols is 1. The number of aliphatic hydroxyl groups is 1. The zero-order chi connectivity index (χ0) is 53.6. The van der Waals surface area contributed by atoms with Crippen LogP contribution >= 0.6 is 21.6 Å². The highest BCUT2D eigenvalue weighted by molar-refractivity contribution is 8.77. The molecule has 16 unspecified atom stereocenters. The fourth-order valence-electron chi connectivity index (χ4n) is 21.9. The minimum Gasteiger partial charge on any atom is -0.504 e. The van der Waals surface area contributed by atoms with E-state index >= 15 is 4.79 Å². The predicted molar refractivity (Wildman–Crippen MR) is 312 cm³/mol. The highest BCUT2D eigenvalue weighted by atomic mass is 33.1. The maximum Gasteiger partial charge on any atom is 0.303 e. The number of hydrogen-bond acceptors (Lipinski definition) is 11. The summed E-state index contributed by atoms with van der Waals surface area (Å²) < 4.78 is 14.1. The molecule has 8 aliphatic heterocycles. The first-order valence-corrected chi connectivity index (χ1v) is 33.9. The van der Waals surface area contributed by atoms with E-state index in [1.54, 1.807) is 6.92 Å². The van der Waals surface area contributed by atoms with Gasteiger partial charge < -0.3 is 35.6 Å². The van der Waals surface area contributed by atoms with Gasteiger partial charge in [0.05, 0.1) is 18.1 Å². The number of aliphatic hydroxyl groups excluding tert-OH is 1. The Morgan fingerprint density at radius 1 is 0.899 bits per heavy atom. The summed E-state index contributed by atoms with van der Waals surface area (Å²) in [5.41, 5.74) is 9.51. The molecule has 6 spiro atoms. The Kier molecular flexibility index (Phi) is 12.6. The number of amides is 1. The molecule has 17 aliphatic rings. The fraction of sp³-hybridized carbons (Fsp3) is 0.716. The molecular formula is C67H86N4O6S2. The third-order valence-electron chi connectivity index (χ3n) is 25.4. The molecule has 16 bridgehead atoms. The smallest absolute Gasteiger partial charge is 0.303 e. The molecule has 12 heteroatoms. The maximum atomic E-state index is 15.4. The number of esters is 1. The molecule has 0 radical (unpaired) electrons. The van der Waals surface area contributed by atoms with E-state index in [2.05, 4.69) is 87.3 Å². The summed E-state index contributed by atoms with van der Waals surface area (Å²) in [6, 6.07) is 13.1. The Bertz CT molecular complexity index is 2910. The number of rotatable bonds is 2. The van der Waals surface area contributed by atoms with E-state index in [9.17, 15) is 15.0 Å². The molecule has 0 aromatic heterocycles. The fourth-order valence-corrected chi connectivity index (χ4v) is 25.9. The molecule has 16 atom stereocenters. The van der Waals surface area contributed by atoms with E-state index in [1.807, 2.05) is 4.90 Å². The second kappa shape index (κ2) is 19.1. The monoisotopic (exact) mass is 1110 g/mol. The lowest BCUT2D eigenvalue weighted by atomic mass is 9.51. The Balaban J connectivity index is 0.873. The number of fused-ring (bicyclic) bond motifs is 1. The van der Waals surface area contributed by atoms with Crippen LogP contribution in [0.25, 0.3) is 0 Å². The summed E-state index contributed by atoms with van der Waals surface area (Å²) in [7, 11) is 4.23. The number of nitrogens with zero attached hydrogens (tertiary/aromatic N) is 2. The molecule has 1 amide bonds. The van der Waals surface area contributed by atoms with Gasteiger partial charge in [-0.2, -0.15) is 0 Å². The van der Waals surface area contributed by atoms with Crippen molar-refractivity contribution in [1.82, 2.24) is 10.2 Å². The van der Waals surface area contributed by atoms with Gasteiger partial charge in [0.25, 0.3) is 0 Å². The number of carbonyl (C=O) groups excluding carboxylic acids is 2. The summed E-state index contributed by atoms with van der Waals surface area (Å²) in [6.45, 7) is 2.74. The summed E-state index contributed by atoms with van der Waals surface area (Å²) in [5.74, 6) is 12.8. The number of guanidine groups is 1. The van der Waals surface area contributed by atoms with Crippen LogP contribution in [-0.2, 0) is 27.3 Å². The van der Waals surface area contributed by atoms with Gasteiger partial charge in [-0.05, 0) is 199 Å². The average molecular weight is 1110 g/mol. The molecule has 10 nitrogen and oxygen atoms in total. The lowest BCUT2D eigenvalue weighted by Crippen LogP contribution is -2.58. The van der Waals surface area contributed by atoms with Crippen LogP contribution in [0, 0.1) is 74.9 Å². The number of hydrogen-bond donors (Lipinski definition) is 4. The first kappa shape index (κ1) is 52.0. The van der Waals surface area contributed by atoms with Gasteiger partial charge in [0.15, 0.2) is 17.5 Å². The maximum absolute atomic E-state index is 15.4. The summed E-state index contributed by atoms with van der Waals surface area (Å²) in [5, 5.41) is 29.9. The van der Waals surface area contributed by atoms with Crippen LogP contribution in [0.4, 0.5) is 0 Å². The molecule has 8 heterocycles. The summed E-state index contributed by atoms with van der Waals surface area (Å²) in [6.07, 6.45) is 30.7. The molecule has 422 valence electrons. The molecule has 5 N–H and O–H groups in total. The van der Waals surface area contributed by atoms with Crippen molar-refractivity contribution in [3.05, 3.63) is 70.8 Å². The highest BCUT2D eigenvalue weighted by Gasteiger charge is 2.66. The van der Waals surface area contributed by atoms with Crippen molar-refractivity contribution in [3.63, 3.8) is 0 Å². The van der Waals surface area contributed by atoms with Gasteiger partial charge in [-0.3, -0.25) is 14.6 Å². The van der Waals surface area contributed by atoms with Crippen molar-refractivity contribution in [2.75, 3.05) is 18.8 Å². The van der Waals surface area contributed by atoms with Crippen molar-refractivity contribution < 1.29 is 29.3 Å². The molecule has 8 saturated carbocycles. The molecule has 9 fully saturated rings. The Morgan fingerprint density at radius 3 is 2.58 bits per heavy atom. The highest BCUT2D eigenvalue weighted by Crippen LogP contribution is 2.69. The van der Waals surface area contributed by atoms with E-state index in [-0.39, 0.29) is 64.0 Å². The molecule has 79 heavy (non-hydrogen) atoms. The number of nitrogens with one attached hydrogen (secondary N) is 1. The Morgan fingerprint density at radius 2 is 1.73 bits per heavy atom. The van der Waals surface area contributed by atoms with Crippen molar-refractivity contribution in [1.29, 1.82) is 0 Å². The molecular weight excluding hydrogens is 1020 g/mol. The lowest BCUT2D eigenvalue weighted by molar-refractivity contribution is -0.201. The largest absolute Gasteiger partial charge is 0.504 e. The first-order chi connectivity index (χ1) is 38.3. The van der Waals surface area contributed by atoms with Gasteiger partial charge >= 0.3 is 5.97 Å². The topological polar surface area (TPSA) is 147 Å². The molecule has 1 saturated heterocycles. The lowest BCUT2D eigenvalue weighted by Gasteiger charge is -2.57.